The largest absolute Gasteiger partial charge is 0.318 e. The summed E-state index contributed by atoms with van der Waals surface area (Å²) in [5.41, 5.74) is 5.86. The van der Waals surface area contributed by atoms with E-state index in [1.807, 2.05) is 12.2 Å². The Morgan fingerprint density at radius 3 is 2.50 bits per heavy atom. The second kappa shape index (κ2) is 5.54. The first-order valence-electron chi connectivity index (χ1n) is 7.05. The van der Waals surface area contributed by atoms with Crippen LogP contribution in [0.4, 0.5) is 0 Å². The number of hydrogen-bond donors (Lipinski definition) is 0. The molecular formula is C19H23N. The molecule has 0 saturated heterocycles. The molecular weight excluding hydrogens is 242 g/mol. The molecule has 0 N–H and O–H groups in total. The van der Waals surface area contributed by atoms with Crippen LogP contribution in [0.5, 0.6) is 0 Å². The molecule has 0 amide bonds. The summed E-state index contributed by atoms with van der Waals surface area (Å²) in [6, 6.07) is 0. The predicted octanol–water partition coefficient (Wildman–Crippen LogP) is 5.11. The lowest BCUT2D eigenvalue weighted by Gasteiger charge is -2.29. The first kappa shape index (κ1) is 14.4. The molecule has 2 heterocycles. The molecule has 0 aromatic heterocycles. The molecule has 0 aromatic carbocycles. The van der Waals surface area contributed by atoms with Gasteiger partial charge in [0, 0.05) is 17.1 Å². The van der Waals surface area contributed by atoms with Crippen molar-refractivity contribution in [3.63, 3.8) is 0 Å². The van der Waals surface area contributed by atoms with Crippen LogP contribution in [0.25, 0.3) is 0 Å². The zero-order chi connectivity index (χ0) is 14.9. The molecule has 0 saturated carbocycles. The van der Waals surface area contributed by atoms with Gasteiger partial charge in [-0.1, -0.05) is 57.9 Å². The smallest absolute Gasteiger partial charge is 0.0511 e. The van der Waals surface area contributed by atoms with Crippen molar-refractivity contribution in [2.75, 3.05) is 0 Å². The van der Waals surface area contributed by atoms with Crippen LogP contribution in [0.15, 0.2) is 84.4 Å². The lowest BCUT2D eigenvalue weighted by atomic mass is 9.87. The van der Waals surface area contributed by atoms with Gasteiger partial charge in [-0.05, 0) is 36.1 Å². The molecule has 0 aliphatic carbocycles. The summed E-state index contributed by atoms with van der Waals surface area (Å²) < 4.78 is 0. The maximum absolute atomic E-state index is 4.26. The third kappa shape index (κ3) is 2.24. The summed E-state index contributed by atoms with van der Waals surface area (Å²) in [6.07, 6.45) is 12.6. The highest BCUT2D eigenvalue weighted by Crippen LogP contribution is 2.47. The van der Waals surface area contributed by atoms with Crippen molar-refractivity contribution < 1.29 is 0 Å². The molecule has 104 valence electrons. The first-order valence-corrected chi connectivity index (χ1v) is 7.05. The van der Waals surface area contributed by atoms with E-state index in [-0.39, 0.29) is 5.92 Å². The molecule has 2 aliphatic rings. The molecule has 0 spiro atoms. The summed E-state index contributed by atoms with van der Waals surface area (Å²) in [7, 11) is 0. The molecule has 2 bridgehead atoms. The van der Waals surface area contributed by atoms with Gasteiger partial charge in [-0.25, -0.2) is 0 Å². The molecule has 20 heavy (non-hydrogen) atoms. The van der Waals surface area contributed by atoms with Crippen molar-refractivity contribution in [3.8, 4) is 0 Å². The van der Waals surface area contributed by atoms with Crippen molar-refractivity contribution in [2.45, 2.75) is 20.8 Å². The van der Waals surface area contributed by atoms with Crippen molar-refractivity contribution in [3.05, 3.63) is 84.4 Å². The second-order valence-corrected chi connectivity index (χ2v) is 5.59. The maximum atomic E-state index is 4.26. The van der Waals surface area contributed by atoms with Crippen LogP contribution in [0, 0.1) is 11.8 Å². The molecule has 0 aromatic rings. The van der Waals surface area contributed by atoms with Gasteiger partial charge in [-0.15, -0.1) is 0 Å². The average Bonchev–Trinajstić information content (AvgIpc) is 2.61. The summed E-state index contributed by atoms with van der Waals surface area (Å²) in [4.78, 5) is 2.18. The van der Waals surface area contributed by atoms with Gasteiger partial charge in [-0.2, -0.15) is 0 Å². The van der Waals surface area contributed by atoms with Gasteiger partial charge in [0.25, 0.3) is 0 Å². The monoisotopic (exact) mass is 265 g/mol. The summed E-state index contributed by atoms with van der Waals surface area (Å²) in [5, 5.41) is 0. The average molecular weight is 265 g/mol. The summed E-state index contributed by atoms with van der Waals surface area (Å²) in [6.45, 7) is 18.6. The van der Waals surface area contributed by atoms with Crippen LogP contribution < -0.4 is 0 Å². The zero-order valence-electron chi connectivity index (χ0n) is 12.7. The third-order valence-electron chi connectivity index (χ3n) is 3.73. The van der Waals surface area contributed by atoms with Gasteiger partial charge < -0.3 is 4.90 Å². The standard InChI is InChI=1S/C19H23N/c1-7-17-18(8-2)20-14(5)12-16(19(17)15(20)6)11-9-10-13(3)4/h7-13,19H,1-2,6H2,3-5H3/b10-9+,16-11-/t19-/m0/s1. The van der Waals surface area contributed by atoms with Gasteiger partial charge in [0.15, 0.2) is 0 Å². The van der Waals surface area contributed by atoms with Gasteiger partial charge in [0.05, 0.1) is 5.92 Å². The lowest BCUT2D eigenvalue weighted by Crippen LogP contribution is -2.21. The van der Waals surface area contributed by atoms with Crippen LogP contribution in [0.3, 0.4) is 0 Å². The topological polar surface area (TPSA) is 3.24 Å². The summed E-state index contributed by atoms with van der Waals surface area (Å²) in [5.74, 6) is 0.767. The highest BCUT2D eigenvalue weighted by atomic mass is 15.2. The van der Waals surface area contributed by atoms with E-state index < -0.39 is 0 Å². The SMILES string of the molecule is C=CC1=C(C=C)N2C(=C)[C@H]1/C(=C\C=C\C(C)C)C=C2C. The predicted molar refractivity (Wildman–Crippen MR) is 87.7 cm³/mol. The molecule has 0 unspecified atom stereocenters. The Morgan fingerprint density at radius 2 is 1.95 bits per heavy atom. The molecule has 2 rings (SSSR count). The molecule has 1 heteroatoms. The zero-order valence-corrected chi connectivity index (χ0v) is 12.7. The van der Waals surface area contributed by atoms with Gasteiger partial charge in [0.1, 0.15) is 0 Å². The molecule has 1 nitrogen and oxygen atoms in total. The molecule has 0 fully saturated rings. The van der Waals surface area contributed by atoms with Crippen molar-refractivity contribution >= 4 is 0 Å². The lowest BCUT2D eigenvalue weighted by molar-refractivity contribution is 0.527. The van der Waals surface area contributed by atoms with Crippen LogP contribution in [-0.2, 0) is 0 Å². The maximum Gasteiger partial charge on any atom is 0.0511 e. The van der Waals surface area contributed by atoms with Crippen LogP contribution in [0.2, 0.25) is 0 Å². The number of fused-ring (bicyclic) bond motifs is 2. The number of rotatable bonds is 4. The number of nitrogens with zero attached hydrogens (tertiary/aromatic N) is 1. The van der Waals surface area contributed by atoms with E-state index in [9.17, 15) is 0 Å². The molecule has 0 radical (unpaired) electrons. The fraction of sp³-hybridized carbons (Fsp3) is 0.263. The molecule has 2 aliphatic heterocycles. The van der Waals surface area contributed by atoms with Crippen LogP contribution >= 0.6 is 0 Å². The van der Waals surface area contributed by atoms with E-state index >= 15 is 0 Å². The van der Waals surface area contributed by atoms with Gasteiger partial charge in [0.2, 0.25) is 0 Å². The minimum absolute atomic E-state index is 0.209. The van der Waals surface area contributed by atoms with E-state index in [4.69, 9.17) is 0 Å². The number of allylic oxidation sites excluding steroid dienone is 8. The second-order valence-electron chi connectivity index (χ2n) is 5.59. The minimum Gasteiger partial charge on any atom is -0.318 e. The Morgan fingerprint density at radius 1 is 1.25 bits per heavy atom. The van der Waals surface area contributed by atoms with Crippen molar-refractivity contribution in [1.29, 1.82) is 0 Å². The normalized spacial score (nSPS) is 24.1. The fourth-order valence-electron chi connectivity index (χ4n) is 2.88. The van der Waals surface area contributed by atoms with Gasteiger partial charge >= 0.3 is 0 Å². The van der Waals surface area contributed by atoms with Crippen molar-refractivity contribution in [1.82, 2.24) is 4.90 Å². The highest BCUT2D eigenvalue weighted by Gasteiger charge is 2.37. The Balaban J connectivity index is 2.51. The third-order valence-corrected chi connectivity index (χ3v) is 3.73. The Labute approximate surface area is 122 Å². The highest BCUT2D eigenvalue weighted by molar-refractivity contribution is 5.57. The van der Waals surface area contributed by atoms with Crippen molar-refractivity contribution in [2.24, 2.45) is 11.8 Å². The fourth-order valence-corrected chi connectivity index (χ4v) is 2.88. The van der Waals surface area contributed by atoms with Crippen LogP contribution in [0.1, 0.15) is 20.8 Å². The Bertz CT molecular complexity index is 579. The van der Waals surface area contributed by atoms with E-state index in [1.54, 1.807) is 0 Å². The van der Waals surface area contributed by atoms with E-state index in [0.29, 0.717) is 5.92 Å². The van der Waals surface area contributed by atoms with Crippen LogP contribution in [-0.4, -0.2) is 4.90 Å². The Kier molecular flexibility index (Phi) is 3.99. The first-order chi connectivity index (χ1) is 9.51. The van der Waals surface area contributed by atoms with Gasteiger partial charge in [-0.3, -0.25) is 0 Å². The molecule has 1 atom stereocenters. The summed E-state index contributed by atoms with van der Waals surface area (Å²) >= 11 is 0. The quantitative estimate of drug-likeness (QED) is 0.682. The minimum atomic E-state index is 0.209. The van der Waals surface area contributed by atoms with E-state index in [2.05, 4.69) is 69.7 Å². The van der Waals surface area contributed by atoms with E-state index in [1.165, 1.54) is 16.8 Å². The van der Waals surface area contributed by atoms with E-state index in [0.717, 1.165) is 11.4 Å². The Hall–Kier alpha value is -2.02. The number of hydrogen-bond acceptors (Lipinski definition) is 1.